The summed E-state index contributed by atoms with van der Waals surface area (Å²) < 4.78 is 4.78. The fourth-order valence-corrected chi connectivity index (χ4v) is 1.43. The third-order valence-corrected chi connectivity index (χ3v) is 2.39. The zero-order valence-electron chi connectivity index (χ0n) is 10.8. The molecule has 0 amide bonds. The van der Waals surface area contributed by atoms with Crippen LogP contribution in [0.15, 0.2) is 40.7 Å². The first-order valence-electron chi connectivity index (χ1n) is 5.70. The maximum absolute atomic E-state index is 11.7. The lowest BCUT2D eigenvalue weighted by molar-refractivity contribution is -0.138. The molecule has 1 aromatic rings. The summed E-state index contributed by atoms with van der Waals surface area (Å²) in [7, 11) is 0. The van der Waals surface area contributed by atoms with Crippen LogP contribution < -0.4 is 11.1 Å². The molecule has 1 rings (SSSR count). The smallest absolute Gasteiger partial charge is 0.352 e. The second-order valence-corrected chi connectivity index (χ2v) is 3.90. The molecule has 0 fully saturated rings. The number of hydrogen-bond acceptors (Lipinski definition) is 5. The number of nitrogens with one attached hydrogen (secondary N) is 1. The molecular weight excluding hydrogens is 280 g/mol. The van der Waals surface area contributed by atoms with E-state index in [1.54, 1.807) is 37.3 Å². The molecule has 1 aromatic carbocycles. The van der Waals surface area contributed by atoms with E-state index >= 15 is 0 Å². The van der Waals surface area contributed by atoms with E-state index in [0.29, 0.717) is 10.7 Å². The zero-order chi connectivity index (χ0) is 15.0. The van der Waals surface area contributed by atoms with Crippen LogP contribution in [-0.2, 0) is 9.53 Å². The predicted molar refractivity (Wildman–Crippen MR) is 77.0 cm³/mol. The molecule has 0 spiro atoms. The number of rotatable bonds is 5. The van der Waals surface area contributed by atoms with Gasteiger partial charge >= 0.3 is 5.97 Å². The molecular formula is C13H13ClN4O2. The first kappa shape index (κ1) is 15.5. The van der Waals surface area contributed by atoms with Gasteiger partial charge < -0.3 is 15.8 Å². The molecule has 0 saturated carbocycles. The molecule has 0 aliphatic rings. The lowest BCUT2D eigenvalue weighted by atomic mass is 10.2. The maximum Gasteiger partial charge on any atom is 0.352 e. The number of halogens is 1. The summed E-state index contributed by atoms with van der Waals surface area (Å²) in [6.45, 7) is 1.80. The van der Waals surface area contributed by atoms with Gasteiger partial charge in [0.1, 0.15) is 6.07 Å². The van der Waals surface area contributed by atoms with Crippen LogP contribution in [0.25, 0.3) is 0 Å². The average Bonchev–Trinajstić information content (AvgIpc) is 2.42. The molecule has 20 heavy (non-hydrogen) atoms. The zero-order valence-corrected chi connectivity index (χ0v) is 11.5. The fourth-order valence-electron chi connectivity index (χ4n) is 1.30. The van der Waals surface area contributed by atoms with Gasteiger partial charge in [-0.1, -0.05) is 11.6 Å². The monoisotopic (exact) mass is 292 g/mol. The molecule has 3 N–H and O–H groups in total. The van der Waals surface area contributed by atoms with Crippen molar-refractivity contribution in [3.63, 3.8) is 0 Å². The van der Waals surface area contributed by atoms with Crippen LogP contribution in [0.1, 0.15) is 6.92 Å². The summed E-state index contributed by atoms with van der Waals surface area (Å²) in [4.78, 5) is 15.4. The summed E-state index contributed by atoms with van der Waals surface area (Å²) in [6.07, 6.45) is 0.981. The van der Waals surface area contributed by atoms with Gasteiger partial charge in [0.05, 0.1) is 12.9 Å². The number of ether oxygens (including phenoxy) is 1. The minimum absolute atomic E-state index is 0.00997. The Bertz CT molecular complexity index is 573. The Morgan fingerprint density at radius 3 is 2.70 bits per heavy atom. The predicted octanol–water partition coefficient (Wildman–Crippen LogP) is 2.04. The van der Waals surface area contributed by atoms with Crippen molar-refractivity contribution in [1.29, 1.82) is 5.26 Å². The Labute approximate surface area is 121 Å². The highest BCUT2D eigenvalue weighted by Crippen LogP contribution is 2.17. The average molecular weight is 293 g/mol. The highest BCUT2D eigenvalue weighted by atomic mass is 35.5. The van der Waals surface area contributed by atoms with Crippen molar-refractivity contribution in [2.75, 3.05) is 11.9 Å². The molecule has 0 heterocycles. The molecule has 0 atom stereocenters. The maximum atomic E-state index is 11.7. The molecule has 6 nitrogen and oxygen atoms in total. The van der Waals surface area contributed by atoms with Crippen molar-refractivity contribution in [2.45, 2.75) is 6.92 Å². The van der Waals surface area contributed by atoms with Crippen molar-refractivity contribution in [1.82, 2.24) is 0 Å². The lowest BCUT2D eigenvalue weighted by Crippen LogP contribution is -2.13. The Morgan fingerprint density at radius 1 is 1.55 bits per heavy atom. The van der Waals surface area contributed by atoms with Crippen molar-refractivity contribution < 1.29 is 9.53 Å². The second-order valence-electron chi connectivity index (χ2n) is 3.47. The van der Waals surface area contributed by atoms with E-state index in [4.69, 9.17) is 27.3 Å². The number of nitriles is 1. The number of esters is 1. The Balaban J connectivity index is 3.11. The minimum atomic E-state index is -0.767. The molecule has 0 radical (unpaired) electrons. The Morgan fingerprint density at radius 2 is 2.20 bits per heavy atom. The van der Waals surface area contributed by atoms with Gasteiger partial charge in [-0.2, -0.15) is 5.26 Å². The molecule has 104 valence electrons. The van der Waals surface area contributed by atoms with Gasteiger partial charge in [-0.15, -0.1) is 0 Å². The van der Waals surface area contributed by atoms with E-state index in [1.807, 2.05) is 0 Å². The van der Waals surface area contributed by atoms with Gasteiger partial charge in [0.15, 0.2) is 11.4 Å². The molecule has 7 heteroatoms. The highest BCUT2D eigenvalue weighted by Gasteiger charge is 2.16. The third-order valence-electron chi connectivity index (χ3n) is 2.14. The van der Waals surface area contributed by atoms with Gasteiger partial charge in [0.25, 0.3) is 0 Å². The Kier molecular flexibility index (Phi) is 6.07. The summed E-state index contributed by atoms with van der Waals surface area (Å²) in [5, 5.41) is 12.4. The van der Waals surface area contributed by atoms with E-state index in [0.717, 1.165) is 6.34 Å². The number of hydrogen-bond donors (Lipinski definition) is 2. The van der Waals surface area contributed by atoms with Crippen LogP contribution in [0.2, 0.25) is 5.02 Å². The van der Waals surface area contributed by atoms with E-state index in [9.17, 15) is 4.79 Å². The van der Waals surface area contributed by atoms with Crippen LogP contribution in [0.4, 0.5) is 5.69 Å². The minimum Gasteiger partial charge on any atom is -0.462 e. The Hall–Kier alpha value is -2.52. The standard InChI is InChI=1S/C13H13ClN4O2/c1-2-20-13(19)11(7-15)12(17-8-16)18-10-5-3-9(14)4-6-10/h3-6,8,18H,2H2,1H3,(H2,16,17). The van der Waals surface area contributed by atoms with Gasteiger partial charge in [0.2, 0.25) is 0 Å². The van der Waals surface area contributed by atoms with Gasteiger partial charge in [-0.25, -0.2) is 9.79 Å². The van der Waals surface area contributed by atoms with Crippen molar-refractivity contribution >= 4 is 29.6 Å². The first-order valence-corrected chi connectivity index (χ1v) is 6.08. The van der Waals surface area contributed by atoms with Crippen molar-refractivity contribution in [2.24, 2.45) is 10.7 Å². The number of nitrogens with two attached hydrogens (primary N) is 1. The quantitative estimate of drug-likeness (QED) is 0.284. The fraction of sp³-hybridized carbons (Fsp3) is 0.154. The first-order chi connectivity index (χ1) is 9.62. The molecule has 0 aromatic heterocycles. The van der Waals surface area contributed by atoms with Crippen LogP contribution >= 0.6 is 11.6 Å². The molecule has 0 aliphatic carbocycles. The van der Waals surface area contributed by atoms with E-state index in [1.165, 1.54) is 0 Å². The number of carbonyl (C=O) groups is 1. The summed E-state index contributed by atoms with van der Waals surface area (Å²) in [6, 6.07) is 8.41. The number of carbonyl (C=O) groups excluding carboxylic acids is 1. The van der Waals surface area contributed by atoms with Crippen molar-refractivity contribution in [3.8, 4) is 6.07 Å². The van der Waals surface area contributed by atoms with E-state index < -0.39 is 5.97 Å². The summed E-state index contributed by atoms with van der Waals surface area (Å²) in [5.74, 6) is -0.757. The molecule has 0 bridgehead atoms. The van der Waals surface area contributed by atoms with Crippen LogP contribution in [0, 0.1) is 11.3 Å². The van der Waals surface area contributed by atoms with Crippen molar-refractivity contribution in [3.05, 3.63) is 40.7 Å². The molecule has 0 unspecified atom stereocenters. The topological polar surface area (TPSA) is 100 Å². The number of benzene rings is 1. The third kappa shape index (κ3) is 4.30. The lowest BCUT2D eigenvalue weighted by Gasteiger charge is -2.08. The van der Waals surface area contributed by atoms with Crippen LogP contribution in [-0.4, -0.2) is 18.9 Å². The molecule has 0 aliphatic heterocycles. The van der Waals surface area contributed by atoms with Gasteiger partial charge in [0, 0.05) is 10.7 Å². The SMILES string of the molecule is CCOC(=O)C(C#N)=C(N=CN)Nc1ccc(Cl)cc1. The van der Waals surface area contributed by atoms with Gasteiger partial charge in [-0.05, 0) is 31.2 Å². The largest absolute Gasteiger partial charge is 0.462 e. The summed E-state index contributed by atoms with van der Waals surface area (Å²) in [5.41, 5.74) is 5.57. The summed E-state index contributed by atoms with van der Waals surface area (Å²) >= 11 is 5.78. The van der Waals surface area contributed by atoms with Crippen LogP contribution in [0.5, 0.6) is 0 Å². The van der Waals surface area contributed by atoms with Crippen LogP contribution in [0.3, 0.4) is 0 Å². The second kappa shape index (κ2) is 7.81. The number of aliphatic imine (C=N–C) groups is 1. The van der Waals surface area contributed by atoms with E-state index in [2.05, 4.69) is 10.3 Å². The normalized spacial score (nSPS) is 11.7. The van der Waals surface area contributed by atoms with E-state index in [-0.39, 0.29) is 18.0 Å². The van der Waals surface area contributed by atoms with Gasteiger partial charge in [-0.3, -0.25) is 0 Å². The number of nitrogens with zero attached hydrogens (tertiary/aromatic N) is 2. The highest BCUT2D eigenvalue weighted by molar-refractivity contribution is 6.30. The molecule has 0 saturated heterocycles. The number of anilines is 1.